The number of amides is 1. The molecule has 2 aliphatic heterocycles. The maximum Gasteiger partial charge on any atom is 0.236 e. The third-order valence-corrected chi connectivity index (χ3v) is 4.38. The maximum absolute atomic E-state index is 11.5. The number of fused-ring (bicyclic) bond motifs is 1. The van der Waals surface area contributed by atoms with E-state index < -0.39 is 0 Å². The second kappa shape index (κ2) is 5.71. The van der Waals surface area contributed by atoms with Crippen LogP contribution in [0.5, 0.6) is 5.75 Å². The fourth-order valence-electron chi connectivity index (χ4n) is 2.90. The average molecular weight is 340 g/mol. The summed E-state index contributed by atoms with van der Waals surface area (Å²) in [7, 11) is 0. The van der Waals surface area contributed by atoms with Gasteiger partial charge in [-0.05, 0) is 23.8 Å². The molecule has 0 radical (unpaired) electrons. The van der Waals surface area contributed by atoms with Gasteiger partial charge in [-0.15, -0.1) is 0 Å². The van der Waals surface area contributed by atoms with Crippen molar-refractivity contribution < 1.29 is 9.53 Å². The van der Waals surface area contributed by atoms with Crippen LogP contribution in [0.25, 0.3) is 0 Å². The standard InChI is InChI=1S/C14H18BrN3O2/c15-10-1-2-13-9(5-10)6-11(20-13)8-18-4-3-17-7-12(18)14(16)19/h1-2,5,11-12,17H,3-4,6-8H2,(H2,16,19). The Morgan fingerprint density at radius 1 is 1.55 bits per heavy atom. The molecule has 1 aromatic rings. The van der Waals surface area contributed by atoms with Gasteiger partial charge in [0.15, 0.2) is 0 Å². The Bertz CT molecular complexity index is 523. The van der Waals surface area contributed by atoms with Crippen molar-refractivity contribution in [2.24, 2.45) is 5.73 Å². The van der Waals surface area contributed by atoms with E-state index in [1.54, 1.807) is 0 Å². The first-order chi connectivity index (χ1) is 9.63. The van der Waals surface area contributed by atoms with Crippen molar-refractivity contribution in [3.05, 3.63) is 28.2 Å². The molecule has 0 saturated carbocycles. The minimum atomic E-state index is -0.268. The molecule has 1 amide bonds. The van der Waals surface area contributed by atoms with E-state index in [9.17, 15) is 4.79 Å². The Labute approximate surface area is 126 Å². The number of piperazine rings is 1. The van der Waals surface area contributed by atoms with E-state index in [2.05, 4.69) is 32.2 Å². The Morgan fingerprint density at radius 2 is 2.40 bits per heavy atom. The highest BCUT2D eigenvalue weighted by Gasteiger charge is 2.31. The second-order valence-electron chi connectivity index (χ2n) is 5.31. The lowest BCUT2D eigenvalue weighted by Crippen LogP contribution is -2.58. The predicted molar refractivity (Wildman–Crippen MR) is 79.7 cm³/mol. The normalized spacial score (nSPS) is 26.1. The average Bonchev–Trinajstić information content (AvgIpc) is 2.80. The first-order valence-electron chi connectivity index (χ1n) is 6.82. The molecule has 0 bridgehead atoms. The highest BCUT2D eigenvalue weighted by atomic mass is 79.9. The molecule has 2 aliphatic rings. The molecule has 2 unspecified atom stereocenters. The third kappa shape index (κ3) is 2.82. The van der Waals surface area contributed by atoms with Crippen LogP contribution in [-0.4, -0.2) is 49.1 Å². The first kappa shape index (κ1) is 13.9. The summed E-state index contributed by atoms with van der Waals surface area (Å²) < 4.78 is 7.03. The molecule has 1 fully saturated rings. The van der Waals surface area contributed by atoms with Crippen LogP contribution >= 0.6 is 15.9 Å². The largest absolute Gasteiger partial charge is 0.488 e. The molecular formula is C14H18BrN3O2. The lowest BCUT2D eigenvalue weighted by Gasteiger charge is -2.35. The van der Waals surface area contributed by atoms with Crippen molar-refractivity contribution in [2.75, 3.05) is 26.2 Å². The van der Waals surface area contributed by atoms with Gasteiger partial charge in [-0.2, -0.15) is 0 Å². The number of ether oxygens (including phenoxy) is 1. The molecule has 1 saturated heterocycles. The number of hydrogen-bond donors (Lipinski definition) is 2. The van der Waals surface area contributed by atoms with Gasteiger partial charge in [0.1, 0.15) is 17.9 Å². The Hall–Kier alpha value is -1.11. The van der Waals surface area contributed by atoms with E-state index in [1.807, 2.05) is 12.1 Å². The molecule has 0 aromatic heterocycles. The maximum atomic E-state index is 11.5. The van der Waals surface area contributed by atoms with E-state index in [-0.39, 0.29) is 18.1 Å². The predicted octanol–water partition coefficient (Wildman–Crippen LogP) is 0.512. The zero-order valence-electron chi connectivity index (χ0n) is 11.1. The number of halogens is 1. The summed E-state index contributed by atoms with van der Waals surface area (Å²) in [5, 5.41) is 3.21. The molecule has 3 N–H and O–H groups in total. The van der Waals surface area contributed by atoms with E-state index in [4.69, 9.17) is 10.5 Å². The number of carbonyl (C=O) groups excluding carboxylic acids is 1. The van der Waals surface area contributed by atoms with Crippen LogP contribution in [0.15, 0.2) is 22.7 Å². The Morgan fingerprint density at radius 3 is 3.20 bits per heavy atom. The smallest absolute Gasteiger partial charge is 0.236 e. The Balaban J connectivity index is 1.66. The first-order valence-corrected chi connectivity index (χ1v) is 7.62. The summed E-state index contributed by atoms with van der Waals surface area (Å²) >= 11 is 3.48. The van der Waals surface area contributed by atoms with Gasteiger partial charge in [0.05, 0.1) is 0 Å². The fraction of sp³-hybridized carbons (Fsp3) is 0.500. The van der Waals surface area contributed by atoms with Crippen molar-refractivity contribution in [1.29, 1.82) is 0 Å². The van der Waals surface area contributed by atoms with Gasteiger partial charge < -0.3 is 15.8 Å². The van der Waals surface area contributed by atoms with Gasteiger partial charge in [-0.1, -0.05) is 15.9 Å². The van der Waals surface area contributed by atoms with Crippen LogP contribution in [0.1, 0.15) is 5.56 Å². The molecule has 0 aliphatic carbocycles. The molecule has 2 heterocycles. The topological polar surface area (TPSA) is 67.6 Å². The van der Waals surface area contributed by atoms with Gasteiger partial charge in [0.2, 0.25) is 5.91 Å². The highest BCUT2D eigenvalue weighted by molar-refractivity contribution is 9.10. The summed E-state index contributed by atoms with van der Waals surface area (Å²) in [5.41, 5.74) is 6.69. The van der Waals surface area contributed by atoms with Crippen LogP contribution in [0.2, 0.25) is 0 Å². The molecule has 3 rings (SSSR count). The van der Waals surface area contributed by atoms with E-state index in [0.29, 0.717) is 6.54 Å². The zero-order chi connectivity index (χ0) is 14.1. The van der Waals surface area contributed by atoms with E-state index >= 15 is 0 Å². The van der Waals surface area contributed by atoms with Gasteiger partial charge >= 0.3 is 0 Å². The summed E-state index contributed by atoms with van der Waals surface area (Å²) in [5.74, 6) is 0.680. The number of hydrogen-bond acceptors (Lipinski definition) is 4. The van der Waals surface area contributed by atoms with Crippen LogP contribution in [0.4, 0.5) is 0 Å². The van der Waals surface area contributed by atoms with E-state index in [0.717, 1.165) is 36.3 Å². The number of benzene rings is 1. The van der Waals surface area contributed by atoms with Crippen molar-refractivity contribution in [3.8, 4) is 5.75 Å². The molecule has 0 spiro atoms. The fourth-order valence-corrected chi connectivity index (χ4v) is 3.31. The molecule has 108 valence electrons. The third-order valence-electron chi connectivity index (χ3n) is 3.88. The number of primary amides is 1. The number of rotatable bonds is 3. The SMILES string of the molecule is NC(=O)C1CNCCN1CC1Cc2cc(Br)ccc2O1. The molecule has 1 aromatic carbocycles. The van der Waals surface area contributed by atoms with Crippen molar-refractivity contribution in [2.45, 2.75) is 18.6 Å². The van der Waals surface area contributed by atoms with Crippen LogP contribution in [0, 0.1) is 0 Å². The minimum absolute atomic E-state index is 0.0965. The summed E-state index contributed by atoms with van der Waals surface area (Å²) in [6.45, 7) is 3.07. The number of nitrogens with two attached hydrogens (primary N) is 1. The number of nitrogens with zero attached hydrogens (tertiary/aromatic N) is 1. The van der Waals surface area contributed by atoms with Gasteiger partial charge in [0.25, 0.3) is 0 Å². The second-order valence-corrected chi connectivity index (χ2v) is 6.23. The monoisotopic (exact) mass is 339 g/mol. The molecule has 2 atom stereocenters. The lowest BCUT2D eigenvalue weighted by molar-refractivity contribution is -0.124. The highest BCUT2D eigenvalue weighted by Crippen LogP contribution is 2.31. The summed E-state index contributed by atoms with van der Waals surface area (Å²) in [6, 6.07) is 5.84. The van der Waals surface area contributed by atoms with Crippen LogP contribution < -0.4 is 15.8 Å². The quantitative estimate of drug-likeness (QED) is 0.842. The summed E-state index contributed by atoms with van der Waals surface area (Å²) in [6.07, 6.45) is 0.976. The van der Waals surface area contributed by atoms with Crippen LogP contribution in [-0.2, 0) is 11.2 Å². The lowest BCUT2D eigenvalue weighted by atomic mass is 10.1. The number of nitrogens with one attached hydrogen (secondary N) is 1. The van der Waals surface area contributed by atoms with Crippen molar-refractivity contribution in [3.63, 3.8) is 0 Å². The van der Waals surface area contributed by atoms with Gasteiger partial charge in [-0.25, -0.2) is 0 Å². The van der Waals surface area contributed by atoms with Gasteiger partial charge in [-0.3, -0.25) is 9.69 Å². The molecule has 20 heavy (non-hydrogen) atoms. The van der Waals surface area contributed by atoms with Gasteiger partial charge in [0, 0.05) is 37.1 Å². The summed E-state index contributed by atoms with van der Waals surface area (Å²) in [4.78, 5) is 13.6. The Kier molecular flexibility index (Phi) is 3.96. The molecule has 6 heteroatoms. The molecular weight excluding hydrogens is 322 g/mol. The van der Waals surface area contributed by atoms with E-state index in [1.165, 1.54) is 5.56 Å². The molecule has 5 nitrogen and oxygen atoms in total. The van der Waals surface area contributed by atoms with Crippen molar-refractivity contribution in [1.82, 2.24) is 10.2 Å². The zero-order valence-corrected chi connectivity index (χ0v) is 12.7. The minimum Gasteiger partial charge on any atom is -0.488 e. The number of carbonyl (C=O) groups is 1. The van der Waals surface area contributed by atoms with Crippen LogP contribution in [0.3, 0.4) is 0 Å². The van der Waals surface area contributed by atoms with Crippen molar-refractivity contribution >= 4 is 21.8 Å².